The zero-order chi connectivity index (χ0) is 11.4. The van der Waals surface area contributed by atoms with Crippen LogP contribution in [0.3, 0.4) is 0 Å². The Hall–Kier alpha value is -1.90. The second-order valence-corrected chi connectivity index (χ2v) is 3.75. The van der Waals surface area contributed by atoms with E-state index >= 15 is 0 Å². The molecule has 2 rings (SSSR count). The molecule has 2 aromatic rings. The number of benzene rings is 1. The molecule has 0 aliphatic rings. The van der Waals surface area contributed by atoms with Crippen LogP contribution in [0, 0.1) is 6.92 Å². The van der Waals surface area contributed by atoms with Gasteiger partial charge >= 0.3 is 0 Å². The van der Waals surface area contributed by atoms with E-state index in [2.05, 4.69) is 23.3 Å². The molecule has 0 saturated heterocycles. The fourth-order valence-corrected chi connectivity index (χ4v) is 1.61. The molecule has 0 atom stereocenters. The molecule has 3 heteroatoms. The maximum absolute atomic E-state index is 5.32. The van der Waals surface area contributed by atoms with Gasteiger partial charge in [0.05, 0.1) is 19.3 Å². The highest BCUT2D eigenvalue weighted by Gasteiger charge is 2.02. The largest absolute Gasteiger partial charge is 0.495 e. The van der Waals surface area contributed by atoms with Crippen molar-refractivity contribution in [3.63, 3.8) is 0 Å². The van der Waals surface area contributed by atoms with Gasteiger partial charge in [-0.2, -0.15) is 0 Å². The van der Waals surface area contributed by atoms with Gasteiger partial charge in [-0.25, -0.2) is 0 Å². The first kappa shape index (κ1) is 10.6. The van der Waals surface area contributed by atoms with Crippen LogP contribution in [0.5, 0.6) is 5.75 Å². The third-order valence-electron chi connectivity index (χ3n) is 2.49. The minimum atomic E-state index is 0.770. The first-order valence-electron chi connectivity index (χ1n) is 5.30. The van der Waals surface area contributed by atoms with Crippen LogP contribution in [-0.4, -0.2) is 12.1 Å². The van der Waals surface area contributed by atoms with Crippen molar-refractivity contribution in [2.45, 2.75) is 13.5 Å². The fraction of sp³-hybridized carbons (Fsp3) is 0.231. The lowest BCUT2D eigenvalue weighted by Crippen LogP contribution is -2.01. The van der Waals surface area contributed by atoms with Crippen LogP contribution in [0.15, 0.2) is 36.5 Å². The molecule has 84 valence electrons. The van der Waals surface area contributed by atoms with E-state index in [1.54, 1.807) is 7.11 Å². The normalized spacial score (nSPS) is 10.1. The Morgan fingerprint density at radius 3 is 2.88 bits per heavy atom. The molecular formula is C13H16N2O. The van der Waals surface area contributed by atoms with Crippen molar-refractivity contribution < 1.29 is 4.74 Å². The molecule has 0 fully saturated rings. The van der Waals surface area contributed by atoms with Crippen LogP contribution < -0.4 is 10.1 Å². The summed E-state index contributed by atoms with van der Waals surface area (Å²) in [6.07, 6.45) is 1.92. The highest BCUT2D eigenvalue weighted by atomic mass is 16.5. The van der Waals surface area contributed by atoms with Crippen LogP contribution in [-0.2, 0) is 6.54 Å². The topological polar surface area (TPSA) is 37.0 Å². The molecule has 2 N–H and O–H groups in total. The van der Waals surface area contributed by atoms with Gasteiger partial charge < -0.3 is 15.0 Å². The van der Waals surface area contributed by atoms with Crippen molar-refractivity contribution in [3.8, 4) is 5.75 Å². The highest BCUT2D eigenvalue weighted by molar-refractivity contribution is 5.57. The number of anilines is 1. The van der Waals surface area contributed by atoms with Gasteiger partial charge in [0, 0.05) is 11.9 Å². The zero-order valence-corrected chi connectivity index (χ0v) is 9.58. The molecule has 3 nitrogen and oxygen atoms in total. The summed E-state index contributed by atoms with van der Waals surface area (Å²) < 4.78 is 5.32. The summed E-state index contributed by atoms with van der Waals surface area (Å²) in [5.74, 6) is 0.881. The Labute approximate surface area is 95.5 Å². The molecule has 16 heavy (non-hydrogen) atoms. The quantitative estimate of drug-likeness (QED) is 0.824. The number of rotatable bonds is 4. The lowest BCUT2D eigenvalue weighted by Gasteiger charge is -2.11. The number of aromatic amines is 1. The Kier molecular flexibility index (Phi) is 3.15. The van der Waals surface area contributed by atoms with Gasteiger partial charge in [0.25, 0.3) is 0 Å². The molecule has 0 spiro atoms. The molecule has 1 heterocycles. The third kappa shape index (κ3) is 2.37. The molecule has 0 aliphatic carbocycles. The van der Waals surface area contributed by atoms with Crippen molar-refractivity contribution in [2.75, 3.05) is 12.4 Å². The molecule has 0 saturated carbocycles. The van der Waals surface area contributed by atoms with Crippen molar-refractivity contribution >= 4 is 5.69 Å². The number of methoxy groups -OCH3 is 1. The van der Waals surface area contributed by atoms with E-state index in [1.165, 1.54) is 5.56 Å². The fourth-order valence-electron chi connectivity index (χ4n) is 1.61. The smallest absolute Gasteiger partial charge is 0.142 e. The SMILES string of the molecule is COc1cc(C)ccc1NCc1ccc[nH]1. The van der Waals surface area contributed by atoms with E-state index in [0.717, 1.165) is 23.7 Å². The van der Waals surface area contributed by atoms with Gasteiger partial charge in [0.1, 0.15) is 5.75 Å². The van der Waals surface area contributed by atoms with E-state index in [9.17, 15) is 0 Å². The number of aromatic nitrogens is 1. The van der Waals surface area contributed by atoms with E-state index in [1.807, 2.05) is 30.5 Å². The predicted octanol–water partition coefficient (Wildman–Crippen LogP) is 2.94. The van der Waals surface area contributed by atoms with Crippen LogP contribution in [0.4, 0.5) is 5.69 Å². The monoisotopic (exact) mass is 216 g/mol. The molecule has 0 unspecified atom stereocenters. The number of nitrogens with one attached hydrogen (secondary N) is 2. The first-order chi connectivity index (χ1) is 7.79. The summed E-state index contributed by atoms with van der Waals surface area (Å²) in [4.78, 5) is 3.15. The molecule has 0 bridgehead atoms. The third-order valence-corrected chi connectivity index (χ3v) is 2.49. The van der Waals surface area contributed by atoms with E-state index in [0.29, 0.717) is 0 Å². The van der Waals surface area contributed by atoms with Crippen molar-refractivity contribution in [2.24, 2.45) is 0 Å². The van der Waals surface area contributed by atoms with Crippen LogP contribution in [0.25, 0.3) is 0 Å². The number of aryl methyl sites for hydroxylation is 1. The maximum Gasteiger partial charge on any atom is 0.142 e. The summed E-state index contributed by atoms with van der Waals surface area (Å²) in [5, 5.41) is 3.34. The van der Waals surface area contributed by atoms with Gasteiger partial charge in [0.15, 0.2) is 0 Å². The summed E-state index contributed by atoms with van der Waals surface area (Å²) in [5.41, 5.74) is 3.37. The summed E-state index contributed by atoms with van der Waals surface area (Å²) in [6.45, 7) is 2.82. The Morgan fingerprint density at radius 2 is 2.19 bits per heavy atom. The van der Waals surface area contributed by atoms with Gasteiger partial charge in [-0.15, -0.1) is 0 Å². The Balaban J connectivity index is 2.09. The predicted molar refractivity (Wildman–Crippen MR) is 65.9 cm³/mol. The van der Waals surface area contributed by atoms with Gasteiger partial charge in [-0.1, -0.05) is 6.07 Å². The number of ether oxygens (including phenoxy) is 1. The number of H-pyrrole nitrogens is 1. The Bertz CT molecular complexity index is 449. The van der Waals surface area contributed by atoms with E-state index < -0.39 is 0 Å². The molecule has 1 aromatic carbocycles. The van der Waals surface area contributed by atoms with Crippen LogP contribution in [0.1, 0.15) is 11.3 Å². The van der Waals surface area contributed by atoms with Crippen LogP contribution >= 0.6 is 0 Å². The van der Waals surface area contributed by atoms with Gasteiger partial charge in [-0.3, -0.25) is 0 Å². The van der Waals surface area contributed by atoms with Crippen molar-refractivity contribution in [3.05, 3.63) is 47.8 Å². The van der Waals surface area contributed by atoms with E-state index in [4.69, 9.17) is 4.74 Å². The first-order valence-corrected chi connectivity index (χ1v) is 5.30. The zero-order valence-electron chi connectivity index (χ0n) is 9.58. The molecule has 0 aliphatic heterocycles. The molecule has 0 amide bonds. The maximum atomic E-state index is 5.32. The second kappa shape index (κ2) is 4.75. The second-order valence-electron chi connectivity index (χ2n) is 3.75. The number of hydrogen-bond acceptors (Lipinski definition) is 2. The summed E-state index contributed by atoms with van der Waals surface area (Å²) in [7, 11) is 1.69. The van der Waals surface area contributed by atoms with Gasteiger partial charge in [0.2, 0.25) is 0 Å². The highest BCUT2D eigenvalue weighted by Crippen LogP contribution is 2.25. The molecule has 0 radical (unpaired) electrons. The molecule has 1 aromatic heterocycles. The molecular weight excluding hydrogens is 200 g/mol. The van der Waals surface area contributed by atoms with Gasteiger partial charge in [-0.05, 0) is 36.8 Å². The standard InChI is InChI=1S/C13H16N2O/c1-10-5-6-12(13(8-10)16-2)15-9-11-4-3-7-14-11/h3-8,14-15H,9H2,1-2H3. The average molecular weight is 216 g/mol. The Morgan fingerprint density at radius 1 is 1.31 bits per heavy atom. The lowest BCUT2D eigenvalue weighted by atomic mass is 10.2. The average Bonchev–Trinajstić information content (AvgIpc) is 2.80. The number of hydrogen-bond donors (Lipinski definition) is 2. The van der Waals surface area contributed by atoms with Crippen molar-refractivity contribution in [1.29, 1.82) is 0 Å². The van der Waals surface area contributed by atoms with E-state index in [-0.39, 0.29) is 0 Å². The minimum Gasteiger partial charge on any atom is -0.495 e. The summed E-state index contributed by atoms with van der Waals surface area (Å²) >= 11 is 0. The van der Waals surface area contributed by atoms with Crippen LogP contribution in [0.2, 0.25) is 0 Å². The van der Waals surface area contributed by atoms with Crippen molar-refractivity contribution in [1.82, 2.24) is 4.98 Å². The lowest BCUT2D eigenvalue weighted by molar-refractivity contribution is 0.416. The summed E-state index contributed by atoms with van der Waals surface area (Å²) in [6, 6.07) is 10.2. The minimum absolute atomic E-state index is 0.770.